The van der Waals surface area contributed by atoms with Crippen LogP contribution in [0, 0.1) is 19.7 Å². The topological polar surface area (TPSA) is 62.0 Å². The summed E-state index contributed by atoms with van der Waals surface area (Å²) in [6, 6.07) is 10.8. The molecule has 0 saturated carbocycles. The van der Waals surface area contributed by atoms with E-state index in [0.29, 0.717) is 11.3 Å². The van der Waals surface area contributed by atoms with Crippen molar-refractivity contribution in [3.05, 3.63) is 59.5 Å². The number of anilines is 1. The quantitative estimate of drug-likeness (QED) is 0.773. The van der Waals surface area contributed by atoms with Gasteiger partial charge < -0.3 is 4.98 Å². The second-order valence-electron chi connectivity index (χ2n) is 5.27. The lowest BCUT2D eigenvalue weighted by Gasteiger charge is -2.10. The number of halogens is 1. The van der Waals surface area contributed by atoms with Crippen molar-refractivity contribution in [3.8, 4) is 0 Å². The van der Waals surface area contributed by atoms with Gasteiger partial charge in [0, 0.05) is 22.3 Å². The number of sulfonamides is 1. The van der Waals surface area contributed by atoms with Gasteiger partial charge in [-0.2, -0.15) is 0 Å². The molecule has 0 bridgehead atoms. The molecular formula is C16H15FN2O2S. The Hall–Kier alpha value is -2.34. The van der Waals surface area contributed by atoms with Crippen LogP contribution in [0.5, 0.6) is 0 Å². The molecule has 4 nitrogen and oxygen atoms in total. The van der Waals surface area contributed by atoms with E-state index in [1.165, 1.54) is 12.1 Å². The number of hydrogen-bond acceptors (Lipinski definition) is 2. The zero-order valence-corrected chi connectivity index (χ0v) is 13.0. The van der Waals surface area contributed by atoms with Crippen molar-refractivity contribution in [1.82, 2.24) is 4.98 Å². The van der Waals surface area contributed by atoms with Crippen LogP contribution in [0.15, 0.2) is 47.4 Å². The third kappa shape index (κ3) is 2.69. The van der Waals surface area contributed by atoms with E-state index in [4.69, 9.17) is 0 Å². The van der Waals surface area contributed by atoms with Gasteiger partial charge in [-0.05, 0) is 61.9 Å². The van der Waals surface area contributed by atoms with E-state index in [9.17, 15) is 12.8 Å². The summed E-state index contributed by atoms with van der Waals surface area (Å²) in [6.07, 6.45) is 0. The Morgan fingerprint density at radius 1 is 1.05 bits per heavy atom. The van der Waals surface area contributed by atoms with Crippen LogP contribution in [0.1, 0.15) is 11.3 Å². The number of H-pyrrole nitrogens is 1. The number of benzene rings is 2. The Kier molecular flexibility index (Phi) is 3.41. The van der Waals surface area contributed by atoms with Gasteiger partial charge in [-0.1, -0.05) is 0 Å². The molecule has 2 N–H and O–H groups in total. The molecule has 0 aliphatic heterocycles. The predicted octanol–water partition coefficient (Wildman–Crippen LogP) is 3.72. The molecule has 0 aliphatic rings. The Labute approximate surface area is 128 Å². The normalized spacial score (nSPS) is 11.8. The fourth-order valence-corrected chi connectivity index (χ4v) is 3.74. The summed E-state index contributed by atoms with van der Waals surface area (Å²) in [4.78, 5) is 3.25. The molecule has 0 aliphatic carbocycles. The first-order valence-electron chi connectivity index (χ1n) is 6.73. The zero-order valence-electron chi connectivity index (χ0n) is 12.1. The minimum atomic E-state index is -3.75. The van der Waals surface area contributed by atoms with Crippen molar-refractivity contribution in [1.29, 1.82) is 0 Å². The van der Waals surface area contributed by atoms with E-state index < -0.39 is 15.8 Å². The van der Waals surface area contributed by atoms with Crippen LogP contribution in [0.25, 0.3) is 10.9 Å². The van der Waals surface area contributed by atoms with Crippen LogP contribution < -0.4 is 4.72 Å². The maximum absolute atomic E-state index is 13.1. The number of nitrogens with one attached hydrogen (secondary N) is 2. The summed E-state index contributed by atoms with van der Waals surface area (Å²) in [5.74, 6) is -0.458. The van der Waals surface area contributed by atoms with E-state index in [1.807, 2.05) is 19.1 Å². The molecular weight excluding hydrogens is 303 g/mol. The number of rotatable bonds is 3. The minimum absolute atomic E-state index is 0.0687. The molecule has 114 valence electrons. The molecule has 0 saturated heterocycles. The third-order valence-electron chi connectivity index (χ3n) is 3.43. The van der Waals surface area contributed by atoms with Gasteiger partial charge in [0.1, 0.15) is 5.82 Å². The van der Waals surface area contributed by atoms with Crippen molar-refractivity contribution < 1.29 is 12.8 Å². The highest BCUT2D eigenvalue weighted by Gasteiger charge is 2.17. The highest BCUT2D eigenvalue weighted by Crippen LogP contribution is 2.23. The molecule has 0 radical (unpaired) electrons. The summed E-state index contributed by atoms with van der Waals surface area (Å²) >= 11 is 0. The van der Waals surface area contributed by atoms with Crippen molar-refractivity contribution >= 4 is 26.6 Å². The molecule has 1 heterocycles. The Morgan fingerprint density at radius 2 is 1.82 bits per heavy atom. The first-order valence-corrected chi connectivity index (χ1v) is 8.22. The Morgan fingerprint density at radius 3 is 2.55 bits per heavy atom. The second-order valence-corrected chi connectivity index (χ2v) is 6.92. The standard InChI is InChI=1S/C16H15FN2O2S/c1-10-7-13(17)3-6-16(10)22(20,21)19-14-4-5-15-12(9-14)8-11(2)18-15/h3-9,18-19H,1-2H3. The van der Waals surface area contributed by atoms with E-state index in [1.54, 1.807) is 19.1 Å². The van der Waals surface area contributed by atoms with Crippen LogP contribution >= 0.6 is 0 Å². The second kappa shape index (κ2) is 5.14. The number of aryl methyl sites for hydroxylation is 2. The van der Waals surface area contributed by atoms with Crippen LogP contribution in [0.3, 0.4) is 0 Å². The van der Waals surface area contributed by atoms with Crippen LogP contribution in [0.2, 0.25) is 0 Å². The summed E-state index contributed by atoms with van der Waals surface area (Å²) in [5.41, 5.74) is 2.78. The van der Waals surface area contributed by atoms with E-state index in [-0.39, 0.29) is 4.90 Å². The minimum Gasteiger partial charge on any atom is -0.359 e. The number of fused-ring (bicyclic) bond motifs is 1. The summed E-state index contributed by atoms with van der Waals surface area (Å²) in [6.45, 7) is 3.50. The van der Waals surface area contributed by atoms with Crippen LogP contribution in [-0.4, -0.2) is 13.4 Å². The molecule has 0 amide bonds. The van der Waals surface area contributed by atoms with Gasteiger partial charge >= 0.3 is 0 Å². The first-order chi connectivity index (χ1) is 10.3. The lowest BCUT2D eigenvalue weighted by Crippen LogP contribution is -2.14. The lowest BCUT2D eigenvalue weighted by atomic mass is 10.2. The SMILES string of the molecule is Cc1cc2cc(NS(=O)(=O)c3ccc(F)cc3C)ccc2[nH]1. The number of aromatic nitrogens is 1. The fourth-order valence-electron chi connectivity index (χ4n) is 2.47. The third-order valence-corrected chi connectivity index (χ3v) is 4.98. The molecule has 0 fully saturated rings. The number of aromatic amines is 1. The summed E-state index contributed by atoms with van der Waals surface area (Å²) < 4.78 is 40.5. The molecule has 22 heavy (non-hydrogen) atoms. The van der Waals surface area contributed by atoms with Crippen molar-refractivity contribution in [2.24, 2.45) is 0 Å². The van der Waals surface area contributed by atoms with Gasteiger partial charge in [0.15, 0.2) is 0 Å². The van der Waals surface area contributed by atoms with Crippen LogP contribution in [-0.2, 0) is 10.0 Å². The van der Waals surface area contributed by atoms with Gasteiger partial charge in [0.2, 0.25) is 0 Å². The smallest absolute Gasteiger partial charge is 0.262 e. The Balaban J connectivity index is 1.98. The van der Waals surface area contributed by atoms with E-state index in [0.717, 1.165) is 22.7 Å². The van der Waals surface area contributed by atoms with Crippen molar-refractivity contribution in [2.45, 2.75) is 18.7 Å². The molecule has 6 heteroatoms. The molecule has 3 rings (SSSR count). The molecule has 3 aromatic rings. The van der Waals surface area contributed by atoms with E-state index in [2.05, 4.69) is 9.71 Å². The fraction of sp³-hybridized carbons (Fsp3) is 0.125. The lowest BCUT2D eigenvalue weighted by molar-refractivity contribution is 0.598. The summed E-state index contributed by atoms with van der Waals surface area (Å²) in [5, 5.41) is 0.925. The largest absolute Gasteiger partial charge is 0.359 e. The van der Waals surface area contributed by atoms with Gasteiger partial charge in [0.05, 0.1) is 4.90 Å². The molecule has 2 aromatic carbocycles. The first kappa shape index (κ1) is 14.6. The molecule has 0 atom stereocenters. The van der Waals surface area contributed by atoms with Gasteiger partial charge in [-0.15, -0.1) is 0 Å². The highest BCUT2D eigenvalue weighted by molar-refractivity contribution is 7.92. The predicted molar refractivity (Wildman–Crippen MR) is 85.0 cm³/mol. The average Bonchev–Trinajstić information content (AvgIpc) is 2.77. The van der Waals surface area contributed by atoms with Crippen molar-refractivity contribution in [2.75, 3.05) is 4.72 Å². The van der Waals surface area contributed by atoms with Gasteiger partial charge in [0.25, 0.3) is 10.0 Å². The highest BCUT2D eigenvalue weighted by atomic mass is 32.2. The van der Waals surface area contributed by atoms with Crippen LogP contribution in [0.4, 0.5) is 10.1 Å². The molecule has 0 spiro atoms. The van der Waals surface area contributed by atoms with Crippen molar-refractivity contribution in [3.63, 3.8) is 0 Å². The van der Waals surface area contributed by atoms with E-state index >= 15 is 0 Å². The number of hydrogen-bond donors (Lipinski definition) is 2. The summed E-state index contributed by atoms with van der Waals surface area (Å²) in [7, 11) is -3.75. The Bertz CT molecular complexity index is 961. The maximum Gasteiger partial charge on any atom is 0.262 e. The zero-order chi connectivity index (χ0) is 15.9. The monoisotopic (exact) mass is 318 g/mol. The van der Waals surface area contributed by atoms with Gasteiger partial charge in [-0.3, -0.25) is 4.72 Å². The average molecular weight is 318 g/mol. The molecule has 0 unspecified atom stereocenters. The molecule has 1 aromatic heterocycles. The van der Waals surface area contributed by atoms with Gasteiger partial charge in [-0.25, -0.2) is 12.8 Å². The maximum atomic E-state index is 13.1.